The van der Waals surface area contributed by atoms with E-state index in [-0.39, 0.29) is 34.0 Å². The summed E-state index contributed by atoms with van der Waals surface area (Å²) in [5.41, 5.74) is 2.94. The molecule has 0 aliphatic heterocycles. The van der Waals surface area contributed by atoms with Crippen LogP contribution in [0.2, 0.25) is 0 Å². The molecule has 0 aliphatic carbocycles. The molecule has 6 heteroatoms. The number of pyridine rings is 2. The van der Waals surface area contributed by atoms with Crippen LogP contribution in [-0.4, -0.2) is 11.5 Å². The van der Waals surface area contributed by atoms with E-state index in [2.05, 4.69) is 72.0 Å². The van der Waals surface area contributed by atoms with Gasteiger partial charge in [-0.05, 0) is 36.8 Å². The van der Waals surface area contributed by atoms with Gasteiger partial charge in [0.15, 0.2) is 24.8 Å². The zero-order valence-corrected chi connectivity index (χ0v) is 36.1. The van der Waals surface area contributed by atoms with Gasteiger partial charge in [-0.2, -0.15) is 0 Å². The van der Waals surface area contributed by atoms with Crippen LogP contribution in [0, 0.1) is 0 Å². The minimum atomic E-state index is 0. The first-order chi connectivity index (χ1) is 22.8. The molecule has 0 saturated carbocycles. The summed E-state index contributed by atoms with van der Waals surface area (Å²) < 4.78 is 4.76. The summed E-state index contributed by atoms with van der Waals surface area (Å²) in [7, 11) is 4.07. The van der Waals surface area contributed by atoms with Gasteiger partial charge in [-0.3, -0.25) is 0 Å². The number of nitrogens with zero attached hydrogens (tertiary/aromatic N) is 2. The highest BCUT2D eigenvalue weighted by molar-refractivity contribution is 8.76. The van der Waals surface area contributed by atoms with Crippen LogP contribution < -0.4 is 43.1 Å². The van der Waals surface area contributed by atoms with Gasteiger partial charge in [0.2, 0.25) is 0 Å². The Balaban J connectivity index is 0.0000110. The molecular weight excluding hydrogens is 756 g/mol. The Morgan fingerprint density at radius 1 is 0.375 bits per heavy atom. The molecule has 0 spiro atoms. The van der Waals surface area contributed by atoms with Gasteiger partial charge < -0.3 is 34.0 Å². The first-order valence-corrected chi connectivity index (χ1v) is 22.5. The van der Waals surface area contributed by atoms with E-state index in [1.54, 1.807) is 0 Å². The number of rotatable bonds is 33. The summed E-state index contributed by atoms with van der Waals surface area (Å²) >= 11 is 0. The van der Waals surface area contributed by atoms with Crippen LogP contribution in [0.1, 0.15) is 179 Å². The van der Waals surface area contributed by atoms with Gasteiger partial charge in [0.25, 0.3) is 0 Å². The average Bonchev–Trinajstić information content (AvgIpc) is 3.08. The number of hydrogen-bond donors (Lipinski definition) is 0. The quantitative estimate of drug-likeness (QED) is 0.0443. The number of hydrogen-bond acceptors (Lipinski definition) is 2. The normalized spacial score (nSPS) is 11.0. The SMILES string of the molecule is CCCCCCCCCCCCCC[n+]1ccc(CCSSCCc2cc[n+](CCCCCCCCCCCCCC)cc2)cc1.[Br-].[Br-]. The van der Waals surface area contributed by atoms with Crippen molar-refractivity contribution in [2.45, 2.75) is 194 Å². The van der Waals surface area contributed by atoms with Crippen molar-refractivity contribution in [3.63, 3.8) is 0 Å². The summed E-state index contributed by atoms with van der Waals surface area (Å²) in [5.74, 6) is 2.39. The maximum absolute atomic E-state index is 2.38. The van der Waals surface area contributed by atoms with Crippen LogP contribution in [0.25, 0.3) is 0 Å². The second-order valence-corrected chi connectivity index (χ2v) is 16.5. The molecule has 2 rings (SSSR count). The van der Waals surface area contributed by atoms with Gasteiger partial charge in [0.1, 0.15) is 13.1 Å². The van der Waals surface area contributed by atoms with E-state index in [0.29, 0.717) is 0 Å². The predicted octanol–water partition coefficient (Wildman–Crippen LogP) is 6.84. The highest BCUT2D eigenvalue weighted by Crippen LogP contribution is 2.23. The Morgan fingerprint density at radius 2 is 0.625 bits per heavy atom. The van der Waals surface area contributed by atoms with E-state index in [0.717, 1.165) is 0 Å². The Labute approximate surface area is 328 Å². The highest BCUT2D eigenvalue weighted by Gasteiger charge is 2.04. The van der Waals surface area contributed by atoms with Gasteiger partial charge in [-0.25, -0.2) is 9.13 Å². The summed E-state index contributed by atoms with van der Waals surface area (Å²) in [6.07, 6.45) is 45.6. The summed E-state index contributed by atoms with van der Waals surface area (Å²) in [5, 5.41) is 0. The minimum Gasteiger partial charge on any atom is -1.00 e. The second kappa shape index (κ2) is 36.7. The van der Waals surface area contributed by atoms with Crippen LogP contribution in [0.3, 0.4) is 0 Å². The molecule has 278 valence electrons. The second-order valence-electron chi connectivity index (χ2n) is 13.8. The third-order valence-electron chi connectivity index (χ3n) is 9.49. The van der Waals surface area contributed by atoms with Crippen molar-refractivity contribution in [3.05, 3.63) is 60.2 Å². The number of aromatic nitrogens is 2. The Bertz CT molecular complexity index is 835. The zero-order chi connectivity index (χ0) is 32.6. The first kappa shape index (κ1) is 48.0. The molecule has 2 aromatic rings. The van der Waals surface area contributed by atoms with Crippen molar-refractivity contribution in [3.8, 4) is 0 Å². The van der Waals surface area contributed by atoms with Crippen LogP contribution in [0.15, 0.2) is 49.1 Å². The van der Waals surface area contributed by atoms with Crippen molar-refractivity contribution >= 4 is 21.6 Å². The third kappa shape index (κ3) is 28.6. The van der Waals surface area contributed by atoms with Crippen LogP contribution in [-0.2, 0) is 25.9 Å². The lowest BCUT2D eigenvalue weighted by Crippen LogP contribution is -3.00. The summed E-state index contributed by atoms with van der Waals surface area (Å²) in [6, 6.07) is 9.34. The van der Waals surface area contributed by atoms with E-state index in [1.165, 1.54) is 203 Å². The van der Waals surface area contributed by atoms with Crippen molar-refractivity contribution < 1.29 is 43.1 Å². The fourth-order valence-corrected chi connectivity index (χ4v) is 8.40. The van der Waals surface area contributed by atoms with Crippen molar-refractivity contribution in [1.29, 1.82) is 0 Å². The van der Waals surface area contributed by atoms with E-state index >= 15 is 0 Å². The van der Waals surface area contributed by atoms with E-state index < -0.39 is 0 Å². The maximum Gasteiger partial charge on any atom is 0.169 e. The van der Waals surface area contributed by atoms with E-state index in [4.69, 9.17) is 0 Å². The zero-order valence-electron chi connectivity index (χ0n) is 31.3. The van der Waals surface area contributed by atoms with Crippen molar-refractivity contribution in [2.24, 2.45) is 0 Å². The van der Waals surface area contributed by atoms with Gasteiger partial charge in [-0.15, -0.1) is 0 Å². The molecule has 0 unspecified atom stereocenters. The standard InChI is InChI=1S/C42H74N2S2.2BrH/c1-3-5-7-9-11-13-15-17-19-21-23-25-33-43-35-27-41(28-36-43)31-39-45-46-40-32-42-29-37-44(38-30-42)34-26-24-22-20-18-16-14-12-10-8-6-4-2;;/h27-30,35-38H,3-26,31-34,39-40H2,1-2H3;2*1H/q+2;;/p-2. The molecule has 2 heterocycles. The average molecular weight is 831 g/mol. The van der Waals surface area contributed by atoms with Crippen LogP contribution >= 0.6 is 21.6 Å². The minimum absolute atomic E-state index is 0. The molecule has 0 amide bonds. The first-order valence-electron chi connectivity index (χ1n) is 20.0. The van der Waals surface area contributed by atoms with Gasteiger partial charge in [0.05, 0.1) is 0 Å². The van der Waals surface area contributed by atoms with Crippen molar-refractivity contribution in [1.82, 2.24) is 0 Å². The molecule has 0 aliphatic rings. The summed E-state index contributed by atoms with van der Waals surface area (Å²) in [4.78, 5) is 0. The number of aryl methyl sites for hydroxylation is 4. The monoisotopic (exact) mass is 828 g/mol. The molecule has 0 fully saturated rings. The Morgan fingerprint density at radius 3 is 0.896 bits per heavy atom. The predicted molar refractivity (Wildman–Crippen MR) is 208 cm³/mol. The molecule has 0 N–H and O–H groups in total. The van der Waals surface area contributed by atoms with Crippen molar-refractivity contribution in [2.75, 3.05) is 11.5 Å². The third-order valence-corrected chi connectivity index (χ3v) is 11.9. The Kier molecular flexibility index (Phi) is 36.7. The Hall–Kier alpha value is -0.0400. The molecule has 0 radical (unpaired) electrons. The van der Waals surface area contributed by atoms with Gasteiger partial charge in [-0.1, -0.05) is 164 Å². The lowest BCUT2D eigenvalue weighted by Gasteiger charge is -2.04. The fourth-order valence-electron chi connectivity index (χ4n) is 6.32. The largest absolute Gasteiger partial charge is 1.00 e. The van der Waals surface area contributed by atoms with Gasteiger partial charge in [0, 0.05) is 48.6 Å². The topological polar surface area (TPSA) is 7.76 Å². The molecule has 48 heavy (non-hydrogen) atoms. The smallest absolute Gasteiger partial charge is 0.169 e. The molecule has 2 nitrogen and oxygen atoms in total. The molecular formula is C42H74Br2N2S2. The highest BCUT2D eigenvalue weighted by atomic mass is 79.9. The lowest BCUT2D eigenvalue weighted by molar-refractivity contribution is -0.697. The molecule has 0 saturated heterocycles. The van der Waals surface area contributed by atoms with Gasteiger partial charge >= 0.3 is 0 Å². The van der Waals surface area contributed by atoms with Crippen LogP contribution in [0.4, 0.5) is 0 Å². The van der Waals surface area contributed by atoms with E-state index in [9.17, 15) is 0 Å². The molecule has 2 aromatic heterocycles. The fraction of sp³-hybridized carbons (Fsp3) is 0.762. The lowest BCUT2D eigenvalue weighted by atomic mass is 10.1. The summed E-state index contributed by atoms with van der Waals surface area (Å²) in [6.45, 7) is 6.94. The molecule has 0 aromatic carbocycles. The molecule has 0 bridgehead atoms. The maximum atomic E-state index is 2.38. The number of halogens is 2. The van der Waals surface area contributed by atoms with Crippen LogP contribution in [0.5, 0.6) is 0 Å². The van der Waals surface area contributed by atoms with E-state index in [1.807, 2.05) is 21.6 Å². The number of unbranched alkanes of at least 4 members (excludes halogenated alkanes) is 22. The molecule has 0 atom stereocenters.